The highest BCUT2D eigenvalue weighted by Crippen LogP contribution is 2.33. The minimum Gasteiger partial charge on any atom is -0.493 e. The van der Waals surface area contributed by atoms with Gasteiger partial charge in [-0.3, -0.25) is 4.79 Å². The predicted molar refractivity (Wildman–Crippen MR) is 91.8 cm³/mol. The lowest BCUT2D eigenvalue weighted by Gasteiger charge is -2.15. The zero-order chi connectivity index (χ0) is 17.4. The molecule has 6 nitrogen and oxygen atoms in total. The first-order chi connectivity index (χ1) is 11.5. The van der Waals surface area contributed by atoms with Crippen LogP contribution in [-0.2, 0) is 17.9 Å². The van der Waals surface area contributed by atoms with E-state index in [2.05, 4.69) is 5.92 Å². The van der Waals surface area contributed by atoms with Crippen molar-refractivity contribution >= 4 is 0 Å². The third-order valence-electron chi connectivity index (χ3n) is 4.54. The summed E-state index contributed by atoms with van der Waals surface area (Å²) in [6.45, 7) is 5.94. The average Bonchev–Trinajstić information content (AvgIpc) is 2.72. The van der Waals surface area contributed by atoms with Crippen molar-refractivity contribution in [2.24, 2.45) is 0 Å². The van der Waals surface area contributed by atoms with Crippen molar-refractivity contribution in [2.75, 3.05) is 20.2 Å². The molecule has 1 aliphatic heterocycles. The van der Waals surface area contributed by atoms with Crippen LogP contribution in [0.15, 0.2) is 16.9 Å². The van der Waals surface area contributed by atoms with Crippen LogP contribution in [0.2, 0.25) is 0 Å². The van der Waals surface area contributed by atoms with Gasteiger partial charge >= 0.3 is 0 Å². The molecule has 1 aliphatic rings. The molecule has 0 bridgehead atoms. The molecule has 0 saturated heterocycles. The monoisotopic (exact) mass is 327 g/mol. The molecule has 24 heavy (non-hydrogen) atoms. The smallest absolute Gasteiger partial charge is 0.278 e. The molecule has 1 aromatic carbocycles. The Kier molecular flexibility index (Phi) is 4.22. The quantitative estimate of drug-likeness (QED) is 0.849. The van der Waals surface area contributed by atoms with Crippen LogP contribution >= 0.6 is 0 Å². The topological polar surface area (TPSA) is 59.6 Å². The van der Waals surface area contributed by atoms with Gasteiger partial charge in [0.25, 0.3) is 5.56 Å². The number of nitrogens with zero attached hydrogens (tertiary/aromatic N) is 3. The van der Waals surface area contributed by atoms with Crippen LogP contribution in [0.5, 0.6) is 5.88 Å². The Morgan fingerprint density at radius 3 is 2.21 bits per heavy atom. The van der Waals surface area contributed by atoms with Crippen LogP contribution in [0.25, 0.3) is 11.1 Å². The van der Waals surface area contributed by atoms with Gasteiger partial charge in [0.2, 0.25) is 5.88 Å². The van der Waals surface area contributed by atoms with E-state index in [-0.39, 0.29) is 11.4 Å². The maximum atomic E-state index is 12.9. The summed E-state index contributed by atoms with van der Waals surface area (Å²) >= 11 is 0. The van der Waals surface area contributed by atoms with Crippen LogP contribution < -0.4 is 5.56 Å². The number of aromatic nitrogens is 2. The van der Waals surface area contributed by atoms with Gasteiger partial charge in [-0.25, -0.2) is 9.36 Å². The lowest BCUT2D eigenvalue weighted by atomic mass is 9.95. The third-order valence-corrected chi connectivity index (χ3v) is 4.54. The fourth-order valence-electron chi connectivity index (χ4n) is 3.39. The molecule has 6 heteroatoms. The maximum absolute atomic E-state index is 12.9. The van der Waals surface area contributed by atoms with Crippen LogP contribution in [0.1, 0.15) is 16.7 Å². The SMILES string of the molecule is C#Cc1cc(C)c(-c2c(O)n3n(c2=O)CCN(OC)CC3)c(C)c1. The molecule has 126 valence electrons. The number of terminal acetylenes is 1. The standard InChI is InChI=1S/C18H21N3O3/c1-5-14-10-12(2)15(13(3)11-14)16-17(22)20-8-6-19(24-4)7-9-21(20)18(16)23/h1,10-11,22H,6-9H2,2-4H3. The molecular weight excluding hydrogens is 306 g/mol. The summed E-state index contributed by atoms with van der Waals surface area (Å²) in [6, 6.07) is 3.73. The average molecular weight is 327 g/mol. The molecule has 0 atom stereocenters. The van der Waals surface area contributed by atoms with Crippen molar-refractivity contribution in [3.05, 3.63) is 39.2 Å². The van der Waals surface area contributed by atoms with Crippen LogP contribution in [0.3, 0.4) is 0 Å². The number of hydrogen-bond acceptors (Lipinski definition) is 4. The summed E-state index contributed by atoms with van der Waals surface area (Å²) in [5.41, 5.74) is 3.45. The summed E-state index contributed by atoms with van der Waals surface area (Å²) in [7, 11) is 1.61. The number of aromatic hydroxyl groups is 1. The Bertz CT molecular complexity index is 863. The minimum atomic E-state index is -0.190. The highest BCUT2D eigenvalue weighted by Gasteiger charge is 2.26. The van der Waals surface area contributed by atoms with Crippen LogP contribution in [0.4, 0.5) is 0 Å². The Balaban J connectivity index is 2.17. The number of hydrogen-bond donors (Lipinski definition) is 1. The van der Waals surface area contributed by atoms with Crippen molar-refractivity contribution in [3.63, 3.8) is 0 Å². The van der Waals surface area contributed by atoms with Gasteiger partial charge in [0.05, 0.1) is 20.2 Å². The first-order valence-corrected chi connectivity index (χ1v) is 7.87. The molecule has 0 unspecified atom stereocenters. The number of rotatable bonds is 2. The number of fused-ring (bicyclic) bond motifs is 1. The highest BCUT2D eigenvalue weighted by atomic mass is 16.7. The molecule has 0 radical (unpaired) electrons. The second-order valence-electron chi connectivity index (χ2n) is 5.99. The van der Waals surface area contributed by atoms with Crippen molar-refractivity contribution in [1.29, 1.82) is 0 Å². The molecule has 0 saturated carbocycles. The van der Waals surface area contributed by atoms with Crippen molar-refractivity contribution in [1.82, 2.24) is 14.4 Å². The van der Waals surface area contributed by atoms with E-state index in [1.807, 2.05) is 26.0 Å². The number of aryl methyl sites for hydroxylation is 2. The zero-order valence-corrected chi connectivity index (χ0v) is 14.2. The largest absolute Gasteiger partial charge is 0.493 e. The second-order valence-corrected chi connectivity index (χ2v) is 5.99. The van der Waals surface area contributed by atoms with E-state index in [0.29, 0.717) is 31.7 Å². The van der Waals surface area contributed by atoms with E-state index in [9.17, 15) is 9.90 Å². The third kappa shape index (κ3) is 2.52. The summed E-state index contributed by atoms with van der Waals surface area (Å²) in [5.74, 6) is 2.61. The van der Waals surface area contributed by atoms with Gasteiger partial charge in [-0.1, -0.05) is 5.92 Å². The number of hydroxylamine groups is 2. The van der Waals surface area contributed by atoms with E-state index >= 15 is 0 Å². The fourth-order valence-corrected chi connectivity index (χ4v) is 3.39. The maximum Gasteiger partial charge on any atom is 0.278 e. The first-order valence-electron chi connectivity index (χ1n) is 7.87. The van der Waals surface area contributed by atoms with Gasteiger partial charge < -0.3 is 9.94 Å². The Morgan fingerprint density at radius 1 is 1.08 bits per heavy atom. The van der Waals surface area contributed by atoms with Gasteiger partial charge in [-0.05, 0) is 42.7 Å². The fraction of sp³-hybridized carbons (Fsp3) is 0.389. The second kappa shape index (κ2) is 6.19. The molecule has 3 rings (SSSR count). The van der Waals surface area contributed by atoms with Gasteiger partial charge in [-0.15, -0.1) is 6.42 Å². The first kappa shape index (κ1) is 16.4. The van der Waals surface area contributed by atoms with Crippen LogP contribution in [-0.4, -0.2) is 39.7 Å². The van der Waals surface area contributed by atoms with E-state index in [4.69, 9.17) is 11.3 Å². The summed E-state index contributed by atoms with van der Waals surface area (Å²) in [6.07, 6.45) is 5.47. The molecule has 1 aromatic heterocycles. The van der Waals surface area contributed by atoms with Gasteiger partial charge in [0, 0.05) is 18.7 Å². The molecule has 0 aliphatic carbocycles. The van der Waals surface area contributed by atoms with Gasteiger partial charge in [0.15, 0.2) is 0 Å². The van der Waals surface area contributed by atoms with E-state index < -0.39 is 0 Å². The molecule has 2 heterocycles. The highest BCUT2D eigenvalue weighted by molar-refractivity contribution is 5.75. The van der Waals surface area contributed by atoms with Crippen molar-refractivity contribution < 1.29 is 9.94 Å². The van der Waals surface area contributed by atoms with Crippen molar-refractivity contribution in [2.45, 2.75) is 26.9 Å². The Labute approximate surface area is 140 Å². The minimum absolute atomic E-state index is 0.00221. The summed E-state index contributed by atoms with van der Waals surface area (Å²) in [4.78, 5) is 18.2. The van der Waals surface area contributed by atoms with E-state index in [0.717, 1.165) is 22.3 Å². The molecule has 2 aromatic rings. The normalized spacial score (nSPS) is 14.9. The van der Waals surface area contributed by atoms with E-state index in [1.54, 1.807) is 21.5 Å². The van der Waals surface area contributed by atoms with E-state index in [1.165, 1.54) is 0 Å². The summed E-state index contributed by atoms with van der Waals surface area (Å²) < 4.78 is 3.21. The Morgan fingerprint density at radius 2 is 1.67 bits per heavy atom. The number of benzene rings is 1. The summed E-state index contributed by atoms with van der Waals surface area (Å²) in [5, 5.41) is 12.5. The molecule has 0 fully saturated rings. The molecule has 1 N–H and O–H groups in total. The predicted octanol–water partition coefficient (Wildman–Crippen LogP) is 1.50. The van der Waals surface area contributed by atoms with Gasteiger partial charge in [-0.2, -0.15) is 5.06 Å². The lowest BCUT2D eigenvalue weighted by Crippen LogP contribution is -2.27. The molecular formula is C18H21N3O3. The van der Waals surface area contributed by atoms with Crippen molar-refractivity contribution in [3.8, 4) is 29.4 Å². The molecule has 0 amide bonds. The van der Waals surface area contributed by atoms with Crippen LogP contribution in [0, 0.1) is 26.2 Å². The zero-order valence-electron chi connectivity index (χ0n) is 14.2. The van der Waals surface area contributed by atoms with Gasteiger partial charge in [0.1, 0.15) is 5.56 Å². The lowest BCUT2D eigenvalue weighted by molar-refractivity contribution is -0.130. The Hall–Kier alpha value is -2.49. The molecule has 0 spiro atoms.